The zero-order chi connectivity index (χ0) is 12.0. The quantitative estimate of drug-likeness (QED) is 0.613. The van der Waals surface area contributed by atoms with Gasteiger partial charge in [-0.05, 0) is 12.8 Å². The molecule has 0 saturated carbocycles. The molecule has 0 bridgehead atoms. The second kappa shape index (κ2) is 6.19. The van der Waals surface area contributed by atoms with E-state index in [1.807, 2.05) is 0 Å². The van der Waals surface area contributed by atoms with Gasteiger partial charge in [0.25, 0.3) is 0 Å². The number of amides is 1. The number of rotatable bonds is 6. The molecule has 0 aliphatic carbocycles. The maximum Gasteiger partial charge on any atom is 0.320 e. The maximum absolute atomic E-state index is 11.6. The van der Waals surface area contributed by atoms with Gasteiger partial charge >= 0.3 is 5.97 Å². The van der Waals surface area contributed by atoms with Crippen LogP contribution in [0.3, 0.4) is 0 Å². The molecule has 0 aromatic carbocycles. The lowest BCUT2D eigenvalue weighted by Crippen LogP contribution is -2.37. The predicted octanol–water partition coefficient (Wildman–Crippen LogP) is 0.0689. The van der Waals surface area contributed by atoms with Crippen LogP contribution in [-0.2, 0) is 9.59 Å². The lowest BCUT2D eigenvalue weighted by atomic mass is 9.95. The van der Waals surface area contributed by atoms with Gasteiger partial charge in [-0.3, -0.25) is 9.59 Å². The van der Waals surface area contributed by atoms with Crippen LogP contribution in [0.1, 0.15) is 12.8 Å². The summed E-state index contributed by atoms with van der Waals surface area (Å²) in [6.45, 7) is 3.54. The summed E-state index contributed by atoms with van der Waals surface area (Å²) in [4.78, 5) is 23.6. The number of nitrogens with zero attached hydrogens (tertiary/aromatic N) is 1. The number of hydrogen-bond donors (Lipinski definition) is 2. The summed E-state index contributed by atoms with van der Waals surface area (Å²) < 4.78 is 0. The van der Waals surface area contributed by atoms with Crippen molar-refractivity contribution in [1.29, 1.82) is 0 Å². The summed E-state index contributed by atoms with van der Waals surface area (Å²) in [7, 11) is 3.26. The highest BCUT2D eigenvalue weighted by atomic mass is 16.4. The zero-order valence-electron chi connectivity index (χ0n) is 9.14. The Hall–Kier alpha value is -1.36. The molecule has 0 aliphatic heterocycles. The van der Waals surface area contributed by atoms with E-state index < -0.39 is 17.9 Å². The molecule has 2 atom stereocenters. The molecular formula is C10H18N2O3. The molecule has 5 heteroatoms. The van der Waals surface area contributed by atoms with Crippen LogP contribution in [-0.4, -0.2) is 42.0 Å². The standard InChI is InChI=1S/C10H18N2O3/c1-4-5-7(9(13)12(2)3)6-8(11)10(14)15/h4,7-8H,1,5-6,11H2,2-3H3,(H,14,15). The number of nitrogens with two attached hydrogens (primary N) is 1. The van der Waals surface area contributed by atoms with Gasteiger partial charge in [-0.1, -0.05) is 6.08 Å². The topological polar surface area (TPSA) is 83.6 Å². The molecule has 1 amide bonds. The number of carbonyl (C=O) groups is 2. The van der Waals surface area contributed by atoms with Crippen molar-refractivity contribution < 1.29 is 14.7 Å². The fourth-order valence-electron chi connectivity index (χ4n) is 1.27. The van der Waals surface area contributed by atoms with E-state index in [0.29, 0.717) is 6.42 Å². The number of carboxylic acids is 1. The molecule has 2 unspecified atom stereocenters. The summed E-state index contributed by atoms with van der Waals surface area (Å²) in [5.74, 6) is -1.61. The van der Waals surface area contributed by atoms with E-state index in [0.717, 1.165) is 0 Å². The summed E-state index contributed by atoms with van der Waals surface area (Å²) in [6, 6.07) is -1.00. The van der Waals surface area contributed by atoms with Crippen LogP contribution in [0, 0.1) is 5.92 Å². The van der Waals surface area contributed by atoms with Crippen LogP contribution in [0.25, 0.3) is 0 Å². The molecule has 86 valence electrons. The molecule has 0 saturated heterocycles. The fraction of sp³-hybridized carbons (Fsp3) is 0.600. The van der Waals surface area contributed by atoms with Crippen LogP contribution in [0.2, 0.25) is 0 Å². The number of carbonyl (C=O) groups excluding carboxylic acids is 1. The van der Waals surface area contributed by atoms with E-state index in [2.05, 4.69) is 6.58 Å². The summed E-state index contributed by atoms with van der Waals surface area (Å²) in [5, 5.41) is 8.64. The first-order chi connectivity index (χ1) is 6.90. The highest BCUT2D eigenvalue weighted by Gasteiger charge is 2.24. The van der Waals surface area contributed by atoms with E-state index >= 15 is 0 Å². The van der Waals surface area contributed by atoms with Gasteiger partial charge in [0.15, 0.2) is 0 Å². The van der Waals surface area contributed by atoms with Gasteiger partial charge < -0.3 is 15.7 Å². The molecule has 0 aromatic heterocycles. The second-order valence-corrected chi connectivity index (χ2v) is 3.63. The minimum Gasteiger partial charge on any atom is -0.480 e. The van der Waals surface area contributed by atoms with Gasteiger partial charge in [0.1, 0.15) is 6.04 Å². The molecular weight excluding hydrogens is 196 g/mol. The molecule has 0 heterocycles. The molecule has 15 heavy (non-hydrogen) atoms. The van der Waals surface area contributed by atoms with Crippen LogP contribution < -0.4 is 5.73 Å². The van der Waals surface area contributed by atoms with Crippen molar-refractivity contribution in [2.45, 2.75) is 18.9 Å². The van der Waals surface area contributed by atoms with E-state index in [9.17, 15) is 9.59 Å². The Bertz CT molecular complexity index is 251. The van der Waals surface area contributed by atoms with Gasteiger partial charge in [-0.15, -0.1) is 6.58 Å². The number of aliphatic carboxylic acids is 1. The van der Waals surface area contributed by atoms with Crippen molar-refractivity contribution in [3.63, 3.8) is 0 Å². The van der Waals surface area contributed by atoms with Gasteiger partial charge in [-0.2, -0.15) is 0 Å². The largest absolute Gasteiger partial charge is 0.480 e. The van der Waals surface area contributed by atoms with Crippen molar-refractivity contribution in [3.05, 3.63) is 12.7 Å². The second-order valence-electron chi connectivity index (χ2n) is 3.63. The predicted molar refractivity (Wildman–Crippen MR) is 57.2 cm³/mol. The lowest BCUT2D eigenvalue weighted by molar-refractivity contribution is -0.139. The van der Waals surface area contributed by atoms with Gasteiger partial charge in [-0.25, -0.2) is 0 Å². The minimum atomic E-state index is -1.09. The van der Waals surface area contributed by atoms with E-state index in [4.69, 9.17) is 10.8 Å². The number of allylic oxidation sites excluding steroid dienone is 1. The molecule has 0 aromatic rings. The highest BCUT2D eigenvalue weighted by molar-refractivity contribution is 5.80. The smallest absolute Gasteiger partial charge is 0.320 e. The first kappa shape index (κ1) is 13.6. The first-order valence-corrected chi connectivity index (χ1v) is 4.70. The molecule has 0 radical (unpaired) electrons. The minimum absolute atomic E-state index is 0.119. The first-order valence-electron chi connectivity index (χ1n) is 4.70. The average molecular weight is 214 g/mol. The summed E-state index contributed by atoms with van der Waals surface area (Å²) in [5.41, 5.74) is 5.38. The van der Waals surface area contributed by atoms with Crippen molar-refractivity contribution in [2.24, 2.45) is 11.7 Å². The lowest BCUT2D eigenvalue weighted by Gasteiger charge is -2.20. The van der Waals surface area contributed by atoms with Crippen molar-refractivity contribution in [3.8, 4) is 0 Å². The third-order valence-electron chi connectivity index (χ3n) is 2.10. The Morgan fingerprint density at radius 1 is 1.53 bits per heavy atom. The van der Waals surface area contributed by atoms with Gasteiger partial charge in [0.2, 0.25) is 5.91 Å². The van der Waals surface area contributed by atoms with Crippen LogP contribution in [0.5, 0.6) is 0 Å². The molecule has 3 N–H and O–H groups in total. The van der Waals surface area contributed by atoms with Crippen molar-refractivity contribution in [1.82, 2.24) is 4.90 Å². The van der Waals surface area contributed by atoms with E-state index in [1.165, 1.54) is 4.90 Å². The molecule has 0 rings (SSSR count). The van der Waals surface area contributed by atoms with Crippen molar-refractivity contribution in [2.75, 3.05) is 14.1 Å². The number of carboxylic acid groups (broad SMARTS) is 1. The Balaban J connectivity index is 4.46. The van der Waals surface area contributed by atoms with Crippen LogP contribution in [0.15, 0.2) is 12.7 Å². The SMILES string of the molecule is C=CCC(CC(N)C(=O)O)C(=O)N(C)C. The molecule has 5 nitrogen and oxygen atoms in total. The Kier molecular flexibility index (Phi) is 5.62. The number of hydrogen-bond acceptors (Lipinski definition) is 3. The molecule has 0 fully saturated rings. The van der Waals surface area contributed by atoms with Gasteiger partial charge in [0, 0.05) is 20.0 Å². The maximum atomic E-state index is 11.6. The fourth-order valence-corrected chi connectivity index (χ4v) is 1.27. The average Bonchev–Trinajstić information content (AvgIpc) is 2.15. The third kappa shape index (κ3) is 4.60. The monoisotopic (exact) mass is 214 g/mol. The highest BCUT2D eigenvalue weighted by Crippen LogP contribution is 2.13. The summed E-state index contributed by atoms with van der Waals surface area (Å²) >= 11 is 0. The Labute approximate surface area is 89.6 Å². The zero-order valence-corrected chi connectivity index (χ0v) is 9.14. The Morgan fingerprint density at radius 2 is 2.07 bits per heavy atom. The van der Waals surface area contributed by atoms with Crippen molar-refractivity contribution >= 4 is 11.9 Å². The van der Waals surface area contributed by atoms with Crippen LogP contribution in [0.4, 0.5) is 0 Å². The molecule has 0 aliphatic rings. The van der Waals surface area contributed by atoms with E-state index in [-0.39, 0.29) is 12.3 Å². The molecule has 0 spiro atoms. The van der Waals surface area contributed by atoms with Crippen LogP contribution >= 0.6 is 0 Å². The Morgan fingerprint density at radius 3 is 2.40 bits per heavy atom. The third-order valence-corrected chi connectivity index (χ3v) is 2.10. The van der Waals surface area contributed by atoms with E-state index in [1.54, 1.807) is 20.2 Å². The van der Waals surface area contributed by atoms with Gasteiger partial charge in [0.05, 0.1) is 0 Å². The summed E-state index contributed by atoms with van der Waals surface area (Å²) in [6.07, 6.45) is 2.18. The normalized spacial score (nSPS) is 14.1.